The van der Waals surface area contributed by atoms with Crippen molar-refractivity contribution in [3.8, 4) is 0 Å². The number of rotatable bonds is 5. The average Bonchev–Trinajstić information content (AvgIpc) is 2.42. The Morgan fingerprint density at radius 1 is 1.16 bits per heavy atom. The van der Waals surface area contributed by atoms with Gasteiger partial charge >= 0.3 is 11.8 Å². The third kappa shape index (κ3) is 4.95. The molecule has 0 saturated carbocycles. The van der Waals surface area contributed by atoms with Crippen LogP contribution in [0.2, 0.25) is 0 Å². The zero-order chi connectivity index (χ0) is 14.3. The zero-order valence-corrected chi connectivity index (χ0v) is 11.4. The number of benzene rings is 1. The summed E-state index contributed by atoms with van der Waals surface area (Å²) in [4.78, 5) is 22.7. The van der Waals surface area contributed by atoms with Gasteiger partial charge in [-0.05, 0) is 17.0 Å². The number of hydrogen-bond acceptors (Lipinski definition) is 2. The molecule has 4 nitrogen and oxygen atoms in total. The first-order chi connectivity index (χ1) is 9.04. The zero-order valence-electron chi connectivity index (χ0n) is 11.4. The highest BCUT2D eigenvalue weighted by atomic mass is 16.2. The molecule has 0 saturated heterocycles. The molecule has 0 spiro atoms. The van der Waals surface area contributed by atoms with Crippen molar-refractivity contribution in [2.75, 3.05) is 6.54 Å². The summed E-state index contributed by atoms with van der Waals surface area (Å²) >= 11 is 0. The third-order valence-corrected chi connectivity index (χ3v) is 2.71. The fraction of sp³-hybridized carbons (Fsp3) is 0.333. The number of carbonyl (C=O) groups excluding carboxylic acids is 2. The predicted octanol–water partition coefficient (Wildman–Crippen LogP) is 1.73. The van der Waals surface area contributed by atoms with E-state index < -0.39 is 11.8 Å². The third-order valence-electron chi connectivity index (χ3n) is 2.71. The van der Waals surface area contributed by atoms with E-state index in [0.717, 1.165) is 5.56 Å². The van der Waals surface area contributed by atoms with Crippen molar-refractivity contribution in [2.45, 2.75) is 26.3 Å². The van der Waals surface area contributed by atoms with Crippen LogP contribution in [0.4, 0.5) is 0 Å². The molecule has 0 aliphatic carbocycles. The van der Waals surface area contributed by atoms with Crippen LogP contribution in [-0.2, 0) is 16.1 Å². The maximum Gasteiger partial charge on any atom is 0.309 e. The van der Waals surface area contributed by atoms with Crippen molar-refractivity contribution in [3.63, 3.8) is 0 Å². The minimum atomic E-state index is -0.640. The van der Waals surface area contributed by atoms with E-state index in [-0.39, 0.29) is 6.54 Å². The molecule has 0 aliphatic heterocycles. The fourth-order valence-electron chi connectivity index (χ4n) is 1.53. The summed E-state index contributed by atoms with van der Waals surface area (Å²) in [7, 11) is 0. The number of nitrogens with one attached hydrogen (secondary N) is 2. The van der Waals surface area contributed by atoms with Crippen LogP contribution in [0.5, 0.6) is 0 Å². The molecular formula is C15H20N2O2. The van der Waals surface area contributed by atoms with Gasteiger partial charge in [0.15, 0.2) is 0 Å². The van der Waals surface area contributed by atoms with Gasteiger partial charge in [0.2, 0.25) is 0 Å². The van der Waals surface area contributed by atoms with Gasteiger partial charge in [0, 0.05) is 13.1 Å². The van der Waals surface area contributed by atoms with Crippen molar-refractivity contribution < 1.29 is 9.59 Å². The highest BCUT2D eigenvalue weighted by Gasteiger charge is 2.11. The first-order valence-electron chi connectivity index (χ1n) is 6.30. The first kappa shape index (κ1) is 15.0. The SMILES string of the molecule is C=CCNC(=O)C(=O)NCc1ccc(C(C)C)cc1. The summed E-state index contributed by atoms with van der Waals surface area (Å²) in [6.07, 6.45) is 1.52. The Balaban J connectivity index is 2.45. The Bertz CT molecular complexity index is 450. The molecule has 0 aromatic heterocycles. The first-order valence-corrected chi connectivity index (χ1v) is 6.30. The van der Waals surface area contributed by atoms with Gasteiger partial charge in [0.05, 0.1) is 0 Å². The Labute approximate surface area is 113 Å². The molecule has 0 atom stereocenters. The van der Waals surface area contributed by atoms with Gasteiger partial charge in [-0.1, -0.05) is 44.2 Å². The highest BCUT2D eigenvalue weighted by molar-refractivity contribution is 6.35. The molecule has 0 aliphatic rings. The van der Waals surface area contributed by atoms with E-state index >= 15 is 0 Å². The van der Waals surface area contributed by atoms with Gasteiger partial charge in [0.1, 0.15) is 0 Å². The Morgan fingerprint density at radius 2 is 1.74 bits per heavy atom. The summed E-state index contributed by atoms with van der Waals surface area (Å²) in [6.45, 7) is 8.35. The maximum absolute atomic E-state index is 11.4. The quantitative estimate of drug-likeness (QED) is 0.625. The fourth-order valence-corrected chi connectivity index (χ4v) is 1.53. The predicted molar refractivity (Wildman–Crippen MR) is 75.6 cm³/mol. The lowest BCUT2D eigenvalue weighted by Gasteiger charge is -2.08. The second kappa shape index (κ2) is 7.36. The summed E-state index contributed by atoms with van der Waals surface area (Å²) in [5, 5.41) is 4.99. The number of amides is 2. The highest BCUT2D eigenvalue weighted by Crippen LogP contribution is 2.14. The van der Waals surface area contributed by atoms with E-state index in [4.69, 9.17) is 0 Å². The average molecular weight is 260 g/mol. The van der Waals surface area contributed by atoms with Gasteiger partial charge in [-0.15, -0.1) is 6.58 Å². The molecule has 4 heteroatoms. The van der Waals surface area contributed by atoms with Crippen LogP contribution in [0.15, 0.2) is 36.9 Å². The minimum absolute atomic E-state index is 0.287. The summed E-state index contributed by atoms with van der Waals surface area (Å²) in [5.74, 6) is -0.790. The largest absolute Gasteiger partial charge is 0.344 e. The molecule has 0 bridgehead atoms. The second-order valence-electron chi connectivity index (χ2n) is 4.58. The molecule has 1 rings (SSSR count). The molecule has 0 heterocycles. The maximum atomic E-state index is 11.4. The molecular weight excluding hydrogens is 240 g/mol. The van der Waals surface area contributed by atoms with E-state index in [1.165, 1.54) is 11.6 Å². The van der Waals surface area contributed by atoms with Crippen LogP contribution in [0.1, 0.15) is 30.9 Å². The summed E-state index contributed by atoms with van der Waals surface area (Å²) < 4.78 is 0. The van der Waals surface area contributed by atoms with Crippen LogP contribution >= 0.6 is 0 Å². The second-order valence-corrected chi connectivity index (χ2v) is 4.58. The smallest absolute Gasteiger partial charge is 0.309 e. The molecule has 0 unspecified atom stereocenters. The molecule has 1 aromatic carbocycles. The van der Waals surface area contributed by atoms with E-state index in [9.17, 15) is 9.59 Å². The Hall–Kier alpha value is -2.10. The van der Waals surface area contributed by atoms with Gasteiger partial charge < -0.3 is 10.6 Å². The molecule has 102 valence electrons. The molecule has 2 N–H and O–H groups in total. The molecule has 0 fully saturated rings. The number of hydrogen-bond donors (Lipinski definition) is 2. The van der Waals surface area contributed by atoms with Gasteiger partial charge in [-0.3, -0.25) is 9.59 Å². The summed E-state index contributed by atoms with van der Waals surface area (Å²) in [5.41, 5.74) is 2.22. The van der Waals surface area contributed by atoms with E-state index in [0.29, 0.717) is 12.5 Å². The topological polar surface area (TPSA) is 58.2 Å². The van der Waals surface area contributed by atoms with Gasteiger partial charge in [-0.2, -0.15) is 0 Å². The van der Waals surface area contributed by atoms with Crippen LogP contribution in [0.25, 0.3) is 0 Å². The molecule has 1 aromatic rings. The van der Waals surface area contributed by atoms with Crippen LogP contribution < -0.4 is 10.6 Å². The lowest BCUT2D eigenvalue weighted by Crippen LogP contribution is -2.39. The lowest BCUT2D eigenvalue weighted by atomic mass is 10.0. The summed E-state index contributed by atoms with van der Waals surface area (Å²) in [6, 6.07) is 7.97. The van der Waals surface area contributed by atoms with Crippen molar-refractivity contribution in [1.82, 2.24) is 10.6 Å². The van der Waals surface area contributed by atoms with Crippen molar-refractivity contribution in [1.29, 1.82) is 0 Å². The van der Waals surface area contributed by atoms with Crippen molar-refractivity contribution in [2.24, 2.45) is 0 Å². The van der Waals surface area contributed by atoms with Gasteiger partial charge in [0.25, 0.3) is 0 Å². The number of carbonyl (C=O) groups is 2. The Morgan fingerprint density at radius 3 is 2.26 bits per heavy atom. The van der Waals surface area contributed by atoms with E-state index in [2.05, 4.69) is 31.1 Å². The standard InChI is InChI=1S/C15H20N2O2/c1-4-9-16-14(18)15(19)17-10-12-5-7-13(8-6-12)11(2)3/h4-8,11H,1,9-10H2,2-3H3,(H,16,18)(H,17,19). The molecule has 19 heavy (non-hydrogen) atoms. The monoisotopic (exact) mass is 260 g/mol. The van der Waals surface area contributed by atoms with Gasteiger partial charge in [-0.25, -0.2) is 0 Å². The normalized spacial score (nSPS) is 10.1. The van der Waals surface area contributed by atoms with E-state index in [1.807, 2.05) is 24.3 Å². The van der Waals surface area contributed by atoms with Crippen LogP contribution in [0, 0.1) is 0 Å². The van der Waals surface area contributed by atoms with Crippen LogP contribution in [-0.4, -0.2) is 18.4 Å². The lowest BCUT2D eigenvalue weighted by molar-refractivity contribution is -0.139. The van der Waals surface area contributed by atoms with Crippen molar-refractivity contribution in [3.05, 3.63) is 48.0 Å². The van der Waals surface area contributed by atoms with Crippen molar-refractivity contribution >= 4 is 11.8 Å². The van der Waals surface area contributed by atoms with Crippen LogP contribution in [0.3, 0.4) is 0 Å². The molecule has 0 radical (unpaired) electrons. The van der Waals surface area contributed by atoms with E-state index in [1.54, 1.807) is 0 Å². The Kier molecular flexibility index (Phi) is 5.79. The molecule has 2 amide bonds. The minimum Gasteiger partial charge on any atom is -0.344 e.